The van der Waals surface area contributed by atoms with E-state index in [1.54, 1.807) is 24.2 Å². The van der Waals surface area contributed by atoms with E-state index in [4.69, 9.17) is 0 Å². The lowest BCUT2D eigenvalue weighted by molar-refractivity contribution is -0.118. The maximum absolute atomic E-state index is 12.0. The van der Waals surface area contributed by atoms with Crippen LogP contribution in [-0.4, -0.2) is 26.4 Å². The van der Waals surface area contributed by atoms with Crippen LogP contribution in [0.15, 0.2) is 60.9 Å². The van der Waals surface area contributed by atoms with Gasteiger partial charge in [-0.1, -0.05) is 30.3 Å². The van der Waals surface area contributed by atoms with E-state index in [0.29, 0.717) is 12.3 Å². The number of hydrogen-bond acceptors (Lipinski definition) is 4. The molecule has 0 aliphatic heterocycles. The SMILES string of the molecule is Cn1nc(CNC(=O)CSCc2ccccc2)cc1-c1ccncc1. The molecule has 0 bridgehead atoms. The van der Waals surface area contributed by atoms with Gasteiger partial charge in [-0.15, -0.1) is 11.8 Å². The minimum Gasteiger partial charge on any atom is -0.350 e. The van der Waals surface area contributed by atoms with E-state index in [9.17, 15) is 4.79 Å². The number of benzene rings is 1. The summed E-state index contributed by atoms with van der Waals surface area (Å²) in [5, 5.41) is 7.39. The lowest BCUT2D eigenvalue weighted by Gasteiger charge is -2.03. The summed E-state index contributed by atoms with van der Waals surface area (Å²) >= 11 is 1.61. The minimum atomic E-state index is 0.0250. The largest absolute Gasteiger partial charge is 0.350 e. The molecule has 3 rings (SSSR count). The number of aromatic nitrogens is 3. The van der Waals surface area contributed by atoms with E-state index in [0.717, 1.165) is 22.7 Å². The highest BCUT2D eigenvalue weighted by Crippen LogP contribution is 2.18. The van der Waals surface area contributed by atoms with Crippen molar-refractivity contribution in [3.05, 3.63) is 72.2 Å². The van der Waals surface area contributed by atoms with Gasteiger partial charge in [0, 0.05) is 30.8 Å². The minimum absolute atomic E-state index is 0.0250. The molecular formula is C19H20N4OS. The third-order valence-corrected chi connectivity index (χ3v) is 4.72. The zero-order chi connectivity index (χ0) is 17.5. The Balaban J connectivity index is 1.48. The zero-order valence-electron chi connectivity index (χ0n) is 14.1. The molecule has 2 heterocycles. The van der Waals surface area contributed by atoms with Crippen LogP contribution in [0.1, 0.15) is 11.3 Å². The Morgan fingerprint density at radius 1 is 1.16 bits per heavy atom. The highest BCUT2D eigenvalue weighted by atomic mass is 32.2. The summed E-state index contributed by atoms with van der Waals surface area (Å²) in [5.74, 6) is 1.31. The Hall–Kier alpha value is -2.60. The molecule has 0 radical (unpaired) electrons. The van der Waals surface area contributed by atoms with E-state index in [-0.39, 0.29) is 5.91 Å². The van der Waals surface area contributed by atoms with E-state index >= 15 is 0 Å². The first kappa shape index (κ1) is 17.2. The molecule has 25 heavy (non-hydrogen) atoms. The second kappa shape index (κ2) is 8.48. The molecular weight excluding hydrogens is 332 g/mol. The van der Waals surface area contributed by atoms with Crippen molar-refractivity contribution < 1.29 is 4.79 Å². The van der Waals surface area contributed by atoms with Crippen molar-refractivity contribution in [1.29, 1.82) is 0 Å². The molecule has 0 atom stereocenters. The Morgan fingerprint density at radius 2 is 1.92 bits per heavy atom. The summed E-state index contributed by atoms with van der Waals surface area (Å²) < 4.78 is 1.82. The maximum atomic E-state index is 12.0. The quantitative estimate of drug-likeness (QED) is 0.710. The lowest BCUT2D eigenvalue weighted by atomic mass is 10.2. The fourth-order valence-corrected chi connectivity index (χ4v) is 3.30. The number of carbonyl (C=O) groups is 1. The number of aryl methyl sites for hydroxylation is 1. The number of carbonyl (C=O) groups excluding carboxylic acids is 1. The Bertz CT molecular complexity index is 818. The molecule has 0 unspecified atom stereocenters. The molecule has 1 N–H and O–H groups in total. The first-order valence-electron chi connectivity index (χ1n) is 8.04. The molecule has 5 nitrogen and oxygen atoms in total. The van der Waals surface area contributed by atoms with Gasteiger partial charge in [0.05, 0.1) is 23.7 Å². The van der Waals surface area contributed by atoms with Crippen molar-refractivity contribution >= 4 is 17.7 Å². The Labute approximate surface area is 151 Å². The summed E-state index contributed by atoms with van der Waals surface area (Å²) in [5.41, 5.74) is 4.13. The number of nitrogens with zero attached hydrogens (tertiary/aromatic N) is 3. The van der Waals surface area contributed by atoms with Gasteiger partial charge in [0.15, 0.2) is 0 Å². The van der Waals surface area contributed by atoms with E-state index < -0.39 is 0 Å². The molecule has 6 heteroatoms. The number of pyridine rings is 1. The molecule has 0 aliphatic carbocycles. The van der Waals surface area contributed by atoms with Gasteiger partial charge in [0.1, 0.15) is 0 Å². The predicted octanol–water partition coefficient (Wildman–Crippen LogP) is 3.03. The fourth-order valence-electron chi connectivity index (χ4n) is 2.48. The van der Waals surface area contributed by atoms with Gasteiger partial charge in [0.2, 0.25) is 5.91 Å². The van der Waals surface area contributed by atoms with Gasteiger partial charge in [-0.2, -0.15) is 5.10 Å². The molecule has 2 aromatic heterocycles. The number of amides is 1. The second-order valence-electron chi connectivity index (χ2n) is 5.64. The number of rotatable bonds is 7. The van der Waals surface area contributed by atoms with Gasteiger partial charge in [-0.05, 0) is 23.8 Å². The molecule has 3 aromatic rings. The fraction of sp³-hybridized carbons (Fsp3) is 0.211. The summed E-state index contributed by atoms with van der Waals surface area (Å²) in [6, 6.07) is 16.0. The third kappa shape index (κ3) is 4.93. The van der Waals surface area contributed by atoms with Crippen molar-refractivity contribution in [2.24, 2.45) is 7.05 Å². The third-order valence-electron chi connectivity index (χ3n) is 3.72. The van der Waals surface area contributed by atoms with Crippen LogP contribution in [-0.2, 0) is 24.1 Å². The summed E-state index contributed by atoms with van der Waals surface area (Å²) in [6.07, 6.45) is 3.52. The highest BCUT2D eigenvalue weighted by Gasteiger charge is 2.09. The first-order valence-corrected chi connectivity index (χ1v) is 9.19. The van der Waals surface area contributed by atoms with Crippen LogP contribution in [0.3, 0.4) is 0 Å². The maximum Gasteiger partial charge on any atom is 0.230 e. The topological polar surface area (TPSA) is 59.8 Å². The molecule has 0 saturated carbocycles. The van der Waals surface area contributed by atoms with Gasteiger partial charge in [-0.25, -0.2) is 0 Å². The van der Waals surface area contributed by atoms with Gasteiger partial charge in [-0.3, -0.25) is 14.5 Å². The van der Waals surface area contributed by atoms with Crippen molar-refractivity contribution in [3.63, 3.8) is 0 Å². The van der Waals surface area contributed by atoms with Gasteiger partial charge in [0.25, 0.3) is 0 Å². The molecule has 1 amide bonds. The van der Waals surface area contributed by atoms with Crippen LogP contribution in [0, 0.1) is 0 Å². The zero-order valence-corrected chi connectivity index (χ0v) is 14.9. The lowest BCUT2D eigenvalue weighted by Crippen LogP contribution is -2.24. The molecule has 0 saturated heterocycles. The van der Waals surface area contributed by atoms with Crippen molar-refractivity contribution in [3.8, 4) is 11.3 Å². The predicted molar refractivity (Wildman–Crippen MR) is 101 cm³/mol. The van der Waals surface area contributed by atoms with Crippen molar-refractivity contribution in [2.75, 3.05) is 5.75 Å². The first-order chi connectivity index (χ1) is 12.2. The smallest absolute Gasteiger partial charge is 0.230 e. The molecule has 1 aromatic carbocycles. The van der Waals surface area contributed by atoms with Crippen LogP contribution in [0.25, 0.3) is 11.3 Å². The van der Waals surface area contributed by atoms with E-state index in [1.165, 1.54) is 5.56 Å². The van der Waals surface area contributed by atoms with E-state index in [2.05, 4.69) is 27.5 Å². The van der Waals surface area contributed by atoms with Gasteiger partial charge >= 0.3 is 0 Å². The van der Waals surface area contributed by atoms with Crippen LogP contribution < -0.4 is 5.32 Å². The molecule has 128 valence electrons. The normalized spacial score (nSPS) is 10.6. The Kier molecular flexibility index (Phi) is 5.85. The van der Waals surface area contributed by atoms with Crippen LogP contribution in [0.5, 0.6) is 0 Å². The van der Waals surface area contributed by atoms with Crippen molar-refractivity contribution in [1.82, 2.24) is 20.1 Å². The summed E-state index contributed by atoms with van der Waals surface area (Å²) in [6.45, 7) is 0.434. The molecule has 0 aliphatic rings. The average molecular weight is 352 g/mol. The van der Waals surface area contributed by atoms with Crippen LogP contribution in [0.2, 0.25) is 0 Å². The number of thioether (sulfide) groups is 1. The summed E-state index contributed by atoms with van der Waals surface area (Å²) in [7, 11) is 1.90. The van der Waals surface area contributed by atoms with E-state index in [1.807, 2.05) is 48.1 Å². The number of nitrogens with one attached hydrogen (secondary N) is 1. The average Bonchev–Trinajstić information content (AvgIpc) is 3.02. The molecule has 0 spiro atoms. The molecule has 0 fully saturated rings. The summed E-state index contributed by atoms with van der Waals surface area (Å²) in [4.78, 5) is 16.0. The monoisotopic (exact) mass is 352 g/mol. The highest BCUT2D eigenvalue weighted by molar-refractivity contribution is 7.99. The Morgan fingerprint density at radius 3 is 2.68 bits per heavy atom. The van der Waals surface area contributed by atoms with Crippen molar-refractivity contribution in [2.45, 2.75) is 12.3 Å². The van der Waals surface area contributed by atoms with Gasteiger partial charge < -0.3 is 5.32 Å². The standard InChI is InChI=1S/C19H20N4OS/c1-23-18(16-7-9-20-10-8-16)11-17(22-23)12-21-19(24)14-25-13-15-5-3-2-4-6-15/h2-11H,12-14H2,1H3,(H,21,24). The second-order valence-corrected chi connectivity index (χ2v) is 6.62. The number of hydrogen-bond donors (Lipinski definition) is 1. The van der Waals surface area contributed by atoms with Crippen LogP contribution in [0.4, 0.5) is 0 Å². The van der Waals surface area contributed by atoms with Crippen LogP contribution >= 0.6 is 11.8 Å².